The molecule has 6 aromatic rings. The zero-order valence-corrected chi connectivity index (χ0v) is 43.3. The number of piperidine rings is 2. The summed E-state index contributed by atoms with van der Waals surface area (Å²) in [6.45, 7) is 16.7. The van der Waals surface area contributed by atoms with E-state index in [0.717, 1.165) is 82.0 Å². The maximum absolute atomic E-state index is 13.8. The molecule has 3 saturated heterocycles. The van der Waals surface area contributed by atoms with E-state index in [1.165, 1.54) is 14.8 Å². The second kappa shape index (κ2) is 20.6. The van der Waals surface area contributed by atoms with Gasteiger partial charge >= 0.3 is 5.76 Å². The molecule has 3 aromatic heterocycles. The van der Waals surface area contributed by atoms with Crippen molar-refractivity contribution in [1.82, 2.24) is 39.4 Å². The Morgan fingerprint density at radius 2 is 1.69 bits per heavy atom. The second-order valence-electron chi connectivity index (χ2n) is 18.4. The molecular weight excluding hydrogens is 1000 g/mol. The number of oxazole rings is 1. The van der Waals surface area contributed by atoms with Gasteiger partial charge in [0.05, 0.1) is 39.6 Å². The lowest BCUT2D eigenvalue weighted by molar-refractivity contribution is -0.135. The second-order valence-corrected chi connectivity index (χ2v) is 22.8. The van der Waals surface area contributed by atoms with E-state index in [1.54, 1.807) is 50.0 Å². The number of amides is 2. The number of imide groups is 1. The van der Waals surface area contributed by atoms with E-state index in [0.29, 0.717) is 85.5 Å². The molecule has 2 amide bonds. The van der Waals surface area contributed by atoms with E-state index in [2.05, 4.69) is 75.7 Å². The van der Waals surface area contributed by atoms with E-state index in [9.17, 15) is 23.7 Å². The highest BCUT2D eigenvalue weighted by Gasteiger charge is 2.33. The molecule has 3 aliphatic rings. The van der Waals surface area contributed by atoms with Gasteiger partial charge in [0.25, 0.3) is 5.56 Å². The molecule has 3 N–H and O–H groups in total. The van der Waals surface area contributed by atoms with Crippen molar-refractivity contribution in [1.29, 1.82) is 0 Å². The molecule has 1 unspecified atom stereocenters. The smallest absolute Gasteiger partial charge is 0.420 e. The van der Waals surface area contributed by atoms with Gasteiger partial charge in [0.15, 0.2) is 5.58 Å². The van der Waals surface area contributed by atoms with Crippen molar-refractivity contribution in [3.8, 4) is 5.75 Å². The van der Waals surface area contributed by atoms with Crippen LogP contribution in [0.3, 0.4) is 0 Å². The fourth-order valence-corrected chi connectivity index (χ4v) is 12.1. The third kappa shape index (κ3) is 10.1. The summed E-state index contributed by atoms with van der Waals surface area (Å²) in [5.74, 6) is -0.0140. The van der Waals surface area contributed by atoms with E-state index in [1.807, 2.05) is 13.8 Å². The predicted octanol–water partition coefficient (Wildman–Crippen LogP) is 7.03. The number of nitrogens with one attached hydrogen (secondary N) is 3. The van der Waals surface area contributed by atoms with Crippen molar-refractivity contribution < 1.29 is 23.3 Å². The molecule has 3 aromatic carbocycles. The molecule has 1 atom stereocenters. The number of hydrogen-bond donors (Lipinski definition) is 3. The fraction of sp³-hybridized carbons (Fsp3) is 0.449. The van der Waals surface area contributed by atoms with Gasteiger partial charge in [-0.2, -0.15) is 10.1 Å². The standard InChI is InChI=1S/C49H58BrClN11O7P/c1-6-29-23-37(55-48-52-28-34(50)45(57-48)54-36-10-9-32-33(44(36)70(4,5)67)27-53-61(7-2)47(32)65)41(68-8-3)26-39(29)60-17-14-31(15-18-60)59-21-19-58(20-22-59)16-13-30-24-42-40(25-35(30)51)62(49(66)69-42)38-11-12-43(63)56-46(38)64/h9-10,23-28,31,38H,6-8,11-22H2,1-5H3,(H,56,63,64)(H2,52,54,55,57). The Hall–Kier alpha value is -5.59. The Bertz CT molecular complexity index is 3160. The Kier molecular flexibility index (Phi) is 14.6. The van der Waals surface area contributed by atoms with E-state index < -0.39 is 24.8 Å². The lowest BCUT2D eigenvalue weighted by Crippen LogP contribution is -2.53. The van der Waals surface area contributed by atoms with Crippen LogP contribution in [0.4, 0.5) is 28.8 Å². The van der Waals surface area contributed by atoms with Gasteiger partial charge in [0.2, 0.25) is 17.8 Å². The summed E-state index contributed by atoms with van der Waals surface area (Å²) in [4.78, 5) is 67.2. The molecule has 3 aliphatic heterocycles. The van der Waals surface area contributed by atoms with Crippen LogP contribution in [-0.4, -0.2) is 118 Å². The number of carbonyl (C=O) groups excluding carboxylic acids is 2. The summed E-state index contributed by atoms with van der Waals surface area (Å²) in [5.41, 5.74) is 5.13. The quantitative estimate of drug-likeness (QED) is 0.0698. The average Bonchev–Trinajstić information content (AvgIpc) is 3.65. The van der Waals surface area contributed by atoms with Crippen LogP contribution in [0.2, 0.25) is 5.02 Å². The predicted molar refractivity (Wildman–Crippen MR) is 278 cm³/mol. The first kappa shape index (κ1) is 49.4. The summed E-state index contributed by atoms with van der Waals surface area (Å²) in [6.07, 6.45) is 7.24. The number of piperazine rings is 1. The number of nitrogens with zero attached hydrogens (tertiary/aromatic N) is 8. The van der Waals surface area contributed by atoms with Crippen molar-refractivity contribution in [2.24, 2.45) is 0 Å². The molecule has 21 heteroatoms. The highest BCUT2D eigenvalue weighted by molar-refractivity contribution is 9.10. The van der Waals surface area contributed by atoms with Crippen molar-refractivity contribution in [3.63, 3.8) is 0 Å². The Morgan fingerprint density at radius 1 is 0.914 bits per heavy atom. The number of hydrogen-bond acceptors (Lipinski definition) is 15. The Morgan fingerprint density at radius 3 is 2.39 bits per heavy atom. The summed E-state index contributed by atoms with van der Waals surface area (Å²) in [5, 5.41) is 15.5. The van der Waals surface area contributed by atoms with Crippen molar-refractivity contribution in [2.75, 3.05) is 81.3 Å². The summed E-state index contributed by atoms with van der Waals surface area (Å²) < 4.78 is 28.9. The number of anilines is 5. The van der Waals surface area contributed by atoms with Crippen LogP contribution in [0, 0.1) is 0 Å². The molecule has 0 bridgehead atoms. The summed E-state index contributed by atoms with van der Waals surface area (Å²) in [6, 6.07) is 10.9. The minimum absolute atomic E-state index is 0.151. The third-order valence-corrected chi connectivity index (χ3v) is 16.2. The lowest BCUT2D eigenvalue weighted by atomic mass is 9.99. The number of aromatic nitrogens is 5. The van der Waals surface area contributed by atoms with Gasteiger partial charge in [0, 0.05) is 98.5 Å². The molecular formula is C49H58BrClN11O7P. The van der Waals surface area contributed by atoms with Gasteiger partial charge in [-0.25, -0.2) is 14.5 Å². The minimum Gasteiger partial charge on any atom is -0.492 e. The van der Waals surface area contributed by atoms with Crippen molar-refractivity contribution in [3.05, 3.63) is 90.3 Å². The normalized spacial score (nSPS) is 17.6. The van der Waals surface area contributed by atoms with Crippen LogP contribution in [0.5, 0.6) is 5.75 Å². The first-order valence-corrected chi connectivity index (χ1v) is 27.7. The number of aryl methyl sites for hydroxylation is 2. The van der Waals surface area contributed by atoms with Gasteiger partial charge < -0.3 is 34.2 Å². The third-order valence-electron chi connectivity index (χ3n) is 13.7. The van der Waals surface area contributed by atoms with Gasteiger partial charge in [-0.3, -0.25) is 29.2 Å². The molecule has 0 radical (unpaired) electrons. The highest BCUT2D eigenvalue weighted by Crippen LogP contribution is 2.42. The van der Waals surface area contributed by atoms with E-state index >= 15 is 0 Å². The van der Waals surface area contributed by atoms with Crippen LogP contribution in [0.15, 0.2) is 67.3 Å². The molecule has 9 rings (SSSR count). The molecule has 18 nitrogen and oxygen atoms in total. The Balaban J connectivity index is 0.825. The van der Waals surface area contributed by atoms with E-state index in [-0.39, 0.29) is 24.3 Å². The number of rotatable bonds is 15. The Labute approximate surface area is 418 Å². The maximum atomic E-state index is 13.8. The molecule has 6 heterocycles. The lowest BCUT2D eigenvalue weighted by Gasteiger charge is -2.43. The van der Waals surface area contributed by atoms with Gasteiger partial charge in [-0.05, 0) is 117 Å². The molecule has 3 fully saturated rings. The molecule has 0 aliphatic carbocycles. The molecule has 0 saturated carbocycles. The first-order valence-electron chi connectivity index (χ1n) is 24.0. The largest absolute Gasteiger partial charge is 0.492 e. The number of fused-ring (bicyclic) bond motifs is 2. The fourth-order valence-electron chi connectivity index (χ4n) is 10.1. The van der Waals surface area contributed by atoms with E-state index in [4.69, 9.17) is 25.7 Å². The zero-order chi connectivity index (χ0) is 49.4. The maximum Gasteiger partial charge on any atom is 0.420 e. The van der Waals surface area contributed by atoms with Crippen LogP contribution in [-0.2, 0) is 33.5 Å². The molecule has 0 spiro atoms. The summed E-state index contributed by atoms with van der Waals surface area (Å²) >= 11 is 10.4. The molecule has 370 valence electrons. The van der Waals surface area contributed by atoms with Crippen molar-refractivity contribution >= 4 is 102 Å². The van der Waals surface area contributed by atoms with Crippen LogP contribution in [0.1, 0.15) is 63.6 Å². The SMILES string of the molecule is CCOc1cc(N2CCC(N3CCN(CCc4cc5oc(=O)n(C6CCC(=O)NC6=O)c5cc4Cl)CC3)CC2)c(CC)cc1Nc1ncc(Br)c(Nc2ccc3c(=O)n(CC)ncc3c2P(C)(C)=O)n1. The number of halogens is 2. The monoisotopic (exact) mass is 1060 g/mol. The first-order chi connectivity index (χ1) is 33.6. The van der Waals surface area contributed by atoms with Crippen LogP contribution < -0.4 is 42.2 Å². The summed E-state index contributed by atoms with van der Waals surface area (Å²) in [7, 11) is -2.92. The average molecular weight is 1060 g/mol. The molecule has 70 heavy (non-hydrogen) atoms. The minimum atomic E-state index is -2.92. The van der Waals surface area contributed by atoms with Gasteiger partial charge in [0.1, 0.15) is 24.8 Å². The topological polar surface area (TPSA) is 202 Å². The van der Waals surface area contributed by atoms with Crippen LogP contribution in [0.25, 0.3) is 21.9 Å². The van der Waals surface area contributed by atoms with Gasteiger partial charge in [-0.15, -0.1) is 0 Å². The number of ether oxygens (including phenoxy) is 1. The highest BCUT2D eigenvalue weighted by atomic mass is 79.9. The number of benzene rings is 3. The number of carbonyl (C=O) groups is 2. The van der Waals surface area contributed by atoms with Gasteiger partial charge in [-0.1, -0.05) is 18.5 Å². The zero-order valence-electron chi connectivity index (χ0n) is 40.0. The van der Waals surface area contributed by atoms with Crippen molar-refractivity contribution in [2.45, 2.75) is 77.9 Å². The van der Waals surface area contributed by atoms with Crippen LogP contribution >= 0.6 is 34.7 Å².